The smallest absolute Gasteiger partial charge is 0.0600 e. The molecule has 1 aliphatic heterocycles. The van der Waals surface area contributed by atoms with Crippen molar-refractivity contribution in [1.82, 2.24) is 10.4 Å². The highest BCUT2D eigenvalue weighted by Crippen LogP contribution is 2.14. The molecule has 2 N–H and O–H groups in total. The van der Waals surface area contributed by atoms with Crippen molar-refractivity contribution in [3.8, 4) is 0 Å². The van der Waals surface area contributed by atoms with Crippen LogP contribution in [-0.4, -0.2) is 29.3 Å². The Labute approximate surface area is 90.7 Å². The molecule has 0 radical (unpaired) electrons. The van der Waals surface area contributed by atoms with E-state index in [-0.39, 0.29) is 6.61 Å². The normalized spacial score (nSPS) is 22.1. The molecule has 1 saturated heterocycles. The van der Waals surface area contributed by atoms with Crippen molar-refractivity contribution in [2.24, 2.45) is 0 Å². The van der Waals surface area contributed by atoms with Gasteiger partial charge in [0.25, 0.3) is 0 Å². The fraction of sp³-hybridized carbons (Fsp3) is 0.500. The van der Waals surface area contributed by atoms with Crippen molar-refractivity contribution < 1.29 is 5.11 Å². The molecule has 1 aliphatic rings. The maximum Gasteiger partial charge on any atom is 0.0600 e. The number of nitrogens with one attached hydrogen (secondary N) is 1. The first-order valence-electron chi connectivity index (χ1n) is 5.55. The average Bonchev–Trinajstić information content (AvgIpc) is 2.75. The molecule has 1 fully saturated rings. The highest BCUT2D eigenvalue weighted by atomic mass is 16.3. The first-order valence-corrected chi connectivity index (χ1v) is 5.55. The van der Waals surface area contributed by atoms with E-state index in [2.05, 4.69) is 22.6 Å². The largest absolute Gasteiger partial charge is 0.395 e. The van der Waals surface area contributed by atoms with Gasteiger partial charge < -0.3 is 5.11 Å². The van der Waals surface area contributed by atoms with Gasteiger partial charge in [-0.15, -0.1) is 0 Å². The van der Waals surface area contributed by atoms with Gasteiger partial charge in [-0.2, -0.15) is 0 Å². The Morgan fingerprint density at radius 3 is 2.87 bits per heavy atom. The summed E-state index contributed by atoms with van der Waals surface area (Å²) < 4.78 is 0. The molecule has 1 aromatic rings. The second-order valence-corrected chi connectivity index (χ2v) is 3.99. The molecule has 0 spiro atoms. The molecule has 0 amide bonds. The number of aliphatic hydroxyl groups excluding tert-OH is 1. The summed E-state index contributed by atoms with van der Waals surface area (Å²) in [6, 6.07) is 10.6. The van der Waals surface area contributed by atoms with Crippen LogP contribution in [0.2, 0.25) is 0 Å². The summed E-state index contributed by atoms with van der Waals surface area (Å²) in [7, 11) is 0. The van der Waals surface area contributed by atoms with E-state index in [9.17, 15) is 0 Å². The summed E-state index contributed by atoms with van der Waals surface area (Å²) in [6.45, 7) is 2.14. The molecular formula is C12H18N2O. The molecule has 1 heterocycles. The molecule has 0 saturated carbocycles. The monoisotopic (exact) mass is 206 g/mol. The molecule has 1 aromatic carbocycles. The standard InChI is InChI=1S/C12H18N2O/c15-10-12-7-4-8-14(12)13-9-11-5-2-1-3-6-11/h1-3,5-6,12-13,15H,4,7-10H2. The zero-order chi connectivity index (χ0) is 10.5. The van der Waals surface area contributed by atoms with E-state index in [1.54, 1.807) is 0 Å². The van der Waals surface area contributed by atoms with Gasteiger partial charge in [-0.1, -0.05) is 30.3 Å². The highest BCUT2D eigenvalue weighted by molar-refractivity contribution is 5.14. The first kappa shape index (κ1) is 10.6. The average molecular weight is 206 g/mol. The third-order valence-corrected chi connectivity index (χ3v) is 2.92. The molecule has 3 nitrogen and oxygen atoms in total. The summed E-state index contributed by atoms with van der Waals surface area (Å²) in [6.07, 6.45) is 2.27. The van der Waals surface area contributed by atoms with Crippen molar-refractivity contribution in [2.45, 2.75) is 25.4 Å². The van der Waals surface area contributed by atoms with Crippen LogP contribution >= 0.6 is 0 Å². The van der Waals surface area contributed by atoms with Gasteiger partial charge in [-0.05, 0) is 18.4 Å². The lowest BCUT2D eigenvalue weighted by Gasteiger charge is -2.23. The predicted molar refractivity (Wildman–Crippen MR) is 60.1 cm³/mol. The summed E-state index contributed by atoms with van der Waals surface area (Å²) in [5.41, 5.74) is 4.65. The highest BCUT2D eigenvalue weighted by Gasteiger charge is 2.22. The Hall–Kier alpha value is -0.900. The molecule has 3 heteroatoms. The summed E-state index contributed by atoms with van der Waals surface area (Å²) in [4.78, 5) is 0. The lowest BCUT2D eigenvalue weighted by Crippen LogP contribution is -2.42. The van der Waals surface area contributed by atoms with Crippen LogP contribution in [-0.2, 0) is 6.54 Å². The van der Waals surface area contributed by atoms with Gasteiger partial charge in [0.2, 0.25) is 0 Å². The van der Waals surface area contributed by atoms with Crippen LogP contribution in [0.4, 0.5) is 0 Å². The number of hydrogen-bond donors (Lipinski definition) is 2. The molecule has 1 unspecified atom stereocenters. The second-order valence-electron chi connectivity index (χ2n) is 3.99. The minimum Gasteiger partial charge on any atom is -0.395 e. The Kier molecular flexibility index (Phi) is 3.72. The van der Waals surface area contributed by atoms with Crippen molar-refractivity contribution >= 4 is 0 Å². The van der Waals surface area contributed by atoms with Crippen LogP contribution in [0.15, 0.2) is 30.3 Å². The fourth-order valence-electron chi connectivity index (χ4n) is 2.02. The summed E-state index contributed by atoms with van der Waals surface area (Å²) in [5.74, 6) is 0. The predicted octanol–water partition coefficient (Wildman–Crippen LogP) is 1.15. The molecule has 2 rings (SSSR count). The molecule has 0 aromatic heterocycles. The van der Waals surface area contributed by atoms with Crippen LogP contribution in [0, 0.1) is 0 Å². The third-order valence-electron chi connectivity index (χ3n) is 2.92. The summed E-state index contributed by atoms with van der Waals surface area (Å²) in [5, 5.41) is 11.3. The van der Waals surface area contributed by atoms with Gasteiger partial charge in [-0.25, -0.2) is 5.01 Å². The van der Waals surface area contributed by atoms with Crippen LogP contribution in [0.5, 0.6) is 0 Å². The van der Waals surface area contributed by atoms with E-state index in [4.69, 9.17) is 5.11 Å². The molecule has 1 atom stereocenters. The van der Waals surface area contributed by atoms with Gasteiger partial charge in [0.1, 0.15) is 0 Å². The first-order chi connectivity index (χ1) is 7.40. The number of nitrogens with zero attached hydrogens (tertiary/aromatic N) is 1. The van der Waals surface area contributed by atoms with Crippen molar-refractivity contribution in [2.75, 3.05) is 13.2 Å². The van der Waals surface area contributed by atoms with Crippen LogP contribution in [0.25, 0.3) is 0 Å². The number of hydrogen-bond acceptors (Lipinski definition) is 3. The topological polar surface area (TPSA) is 35.5 Å². The van der Waals surface area contributed by atoms with Gasteiger partial charge in [-0.3, -0.25) is 5.43 Å². The Morgan fingerprint density at radius 1 is 1.33 bits per heavy atom. The Bertz CT molecular complexity index is 289. The van der Waals surface area contributed by atoms with E-state index in [0.717, 1.165) is 19.5 Å². The quantitative estimate of drug-likeness (QED) is 0.775. The van der Waals surface area contributed by atoms with Crippen molar-refractivity contribution in [3.63, 3.8) is 0 Å². The lowest BCUT2D eigenvalue weighted by atomic mass is 10.2. The van der Waals surface area contributed by atoms with Gasteiger partial charge in [0.15, 0.2) is 0 Å². The minimum atomic E-state index is 0.252. The molecule has 0 aliphatic carbocycles. The summed E-state index contributed by atoms with van der Waals surface area (Å²) >= 11 is 0. The van der Waals surface area contributed by atoms with Crippen LogP contribution in [0.3, 0.4) is 0 Å². The van der Waals surface area contributed by atoms with E-state index in [0.29, 0.717) is 6.04 Å². The minimum absolute atomic E-state index is 0.252. The Balaban J connectivity index is 1.83. The Morgan fingerprint density at radius 2 is 2.13 bits per heavy atom. The molecule has 0 bridgehead atoms. The SMILES string of the molecule is OCC1CCCN1NCc1ccccc1. The number of rotatable bonds is 4. The van der Waals surface area contributed by atoms with E-state index in [1.165, 1.54) is 12.0 Å². The maximum atomic E-state index is 9.15. The number of aliphatic hydroxyl groups is 1. The molecule has 15 heavy (non-hydrogen) atoms. The van der Waals surface area contributed by atoms with E-state index >= 15 is 0 Å². The van der Waals surface area contributed by atoms with E-state index < -0.39 is 0 Å². The number of hydrazine groups is 1. The molecule has 82 valence electrons. The van der Waals surface area contributed by atoms with Crippen molar-refractivity contribution in [3.05, 3.63) is 35.9 Å². The maximum absolute atomic E-state index is 9.15. The third kappa shape index (κ3) is 2.78. The molecular weight excluding hydrogens is 188 g/mol. The van der Waals surface area contributed by atoms with E-state index in [1.807, 2.05) is 18.2 Å². The second kappa shape index (κ2) is 5.26. The zero-order valence-corrected chi connectivity index (χ0v) is 8.89. The number of benzene rings is 1. The van der Waals surface area contributed by atoms with Gasteiger partial charge in [0, 0.05) is 19.1 Å². The fourth-order valence-corrected chi connectivity index (χ4v) is 2.02. The van der Waals surface area contributed by atoms with Gasteiger partial charge >= 0.3 is 0 Å². The van der Waals surface area contributed by atoms with Gasteiger partial charge in [0.05, 0.1) is 6.61 Å². The van der Waals surface area contributed by atoms with Crippen LogP contribution < -0.4 is 5.43 Å². The lowest BCUT2D eigenvalue weighted by molar-refractivity contribution is 0.109. The van der Waals surface area contributed by atoms with Crippen molar-refractivity contribution in [1.29, 1.82) is 0 Å². The van der Waals surface area contributed by atoms with Crippen LogP contribution in [0.1, 0.15) is 18.4 Å². The zero-order valence-electron chi connectivity index (χ0n) is 8.89.